The first kappa shape index (κ1) is 13.6. The molecule has 1 fully saturated rings. The summed E-state index contributed by atoms with van der Waals surface area (Å²) >= 11 is 0. The molecule has 1 aliphatic carbocycles. The van der Waals surface area contributed by atoms with Crippen molar-refractivity contribution in [2.75, 3.05) is 6.54 Å². The first-order valence-electron chi connectivity index (χ1n) is 7.48. The fourth-order valence-corrected chi connectivity index (χ4v) is 3.38. The fraction of sp³-hybridized carbons (Fsp3) is 0.800. The van der Waals surface area contributed by atoms with E-state index >= 15 is 0 Å². The lowest BCUT2D eigenvalue weighted by Gasteiger charge is -2.18. The van der Waals surface area contributed by atoms with Crippen LogP contribution in [0.2, 0.25) is 0 Å². The van der Waals surface area contributed by atoms with E-state index in [-0.39, 0.29) is 0 Å². The molecule has 1 aromatic heterocycles. The molecule has 1 atom stereocenters. The molecule has 1 heterocycles. The van der Waals surface area contributed by atoms with Gasteiger partial charge in [-0.3, -0.25) is 4.68 Å². The standard InChI is InChI=1S/C15H27N3/c1-5-14(16-6-2)15-11(3)17-18(12(15)4)13-9-7-8-10-13/h13-14,16H,5-10H2,1-4H3. The van der Waals surface area contributed by atoms with Crippen LogP contribution in [0, 0.1) is 13.8 Å². The Bertz CT molecular complexity index is 389. The summed E-state index contributed by atoms with van der Waals surface area (Å²) in [5.74, 6) is 0. The highest BCUT2D eigenvalue weighted by Crippen LogP contribution is 2.33. The molecule has 3 heteroatoms. The van der Waals surface area contributed by atoms with E-state index in [0.29, 0.717) is 12.1 Å². The Kier molecular flexibility index (Phi) is 4.44. The quantitative estimate of drug-likeness (QED) is 0.862. The molecule has 1 aromatic rings. The zero-order valence-electron chi connectivity index (χ0n) is 12.3. The number of rotatable bonds is 5. The average molecular weight is 249 g/mol. The van der Waals surface area contributed by atoms with Gasteiger partial charge in [0.05, 0.1) is 11.7 Å². The molecular formula is C15H27N3. The van der Waals surface area contributed by atoms with Gasteiger partial charge < -0.3 is 5.32 Å². The Labute approximate surface area is 111 Å². The number of aryl methyl sites for hydroxylation is 1. The molecule has 3 nitrogen and oxygen atoms in total. The number of aromatic nitrogens is 2. The monoisotopic (exact) mass is 249 g/mol. The summed E-state index contributed by atoms with van der Waals surface area (Å²) in [5.41, 5.74) is 4.03. The van der Waals surface area contributed by atoms with Gasteiger partial charge in [0.2, 0.25) is 0 Å². The van der Waals surface area contributed by atoms with Gasteiger partial charge in [-0.05, 0) is 39.7 Å². The molecule has 0 bridgehead atoms. The Morgan fingerprint density at radius 2 is 1.94 bits per heavy atom. The number of nitrogens with one attached hydrogen (secondary N) is 1. The molecule has 1 N–H and O–H groups in total. The summed E-state index contributed by atoms with van der Waals surface area (Å²) < 4.78 is 2.30. The van der Waals surface area contributed by atoms with Gasteiger partial charge >= 0.3 is 0 Å². The maximum Gasteiger partial charge on any atom is 0.0644 e. The normalized spacial score (nSPS) is 18.4. The van der Waals surface area contributed by atoms with Crippen molar-refractivity contribution in [2.45, 2.75) is 71.9 Å². The van der Waals surface area contributed by atoms with Gasteiger partial charge in [-0.2, -0.15) is 5.10 Å². The highest BCUT2D eigenvalue weighted by Gasteiger charge is 2.24. The molecule has 0 saturated heterocycles. The summed E-state index contributed by atoms with van der Waals surface area (Å²) in [7, 11) is 0. The lowest BCUT2D eigenvalue weighted by atomic mass is 10.0. The lowest BCUT2D eigenvalue weighted by molar-refractivity contribution is 0.452. The molecule has 18 heavy (non-hydrogen) atoms. The van der Waals surface area contributed by atoms with Crippen molar-refractivity contribution in [3.05, 3.63) is 17.0 Å². The zero-order valence-corrected chi connectivity index (χ0v) is 12.3. The minimum Gasteiger partial charge on any atom is -0.310 e. The number of hydrogen-bond acceptors (Lipinski definition) is 2. The summed E-state index contributed by atoms with van der Waals surface area (Å²) in [5, 5.41) is 8.40. The summed E-state index contributed by atoms with van der Waals surface area (Å²) in [6.07, 6.45) is 6.47. The van der Waals surface area contributed by atoms with Gasteiger partial charge in [0.25, 0.3) is 0 Å². The van der Waals surface area contributed by atoms with Crippen LogP contribution in [0.15, 0.2) is 0 Å². The van der Waals surface area contributed by atoms with Crippen LogP contribution in [0.5, 0.6) is 0 Å². The van der Waals surface area contributed by atoms with Crippen molar-refractivity contribution < 1.29 is 0 Å². The van der Waals surface area contributed by atoms with E-state index in [1.807, 2.05) is 0 Å². The number of hydrogen-bond donors (Lipinski definition) is 1. The highest BCUT2D eigenvalue weighted by molar-refractivity contribution is 5.28. The van der Waals surface area contributed by atoms with Crippen LogP contribution in [-0.2, 0) is 0 Å². The third-order valence-electron chi connectivity index (χ3n) is 4.26. The van der Waals surface area contributed by atoms with Crippen LogP contribution in [0.4, 0.5) is 0 Å². The topological polar surface area (TPSA) is 29.9 Å². The van der Waals surface area contributed by atoms with Crippen LogP contribution in [0.25, 0.3) is 0 Å². The van der Waals surface area contributed by atoms with E-state index in [0.717, 1.165) is 13.0 Å². The molecule has 2 rings (SSSR count). The SMILES string of the molecule is CCNC(CC)c1c(C)nn(C2CCCC2)c1C. The van der Waals surface area contributed by atoms with Crippen LogP contribution in [0.3, 0.4) is 0 Å². The minimum absolute atomic E-state index is 0.463. The predicted octanol–water partition coefficient (Wildman–Crippen LogP) is 3.68. The smallest absolute Gasteiger partial charge is 0.0644 e. The van der Waals surface area contributed by atoms with E-state index in [1.165, 1.54) is 42.6 Å². The van der Waals surface area contributed by atoms with E-state index in [2.05, 4.69) is 37.7 Å². The van der Waals surface area contributed by atoms with Gasteiger partial charge in [-0.15, -0.1) is 0 Å². The van der Waals surface area contributed by atoms with Gasteiger partial charge in [0, 0.05) is 17.3 Å². The van der Waals surface area contributed by atoms with Crippen LogP contribution >= 0.6 is 0 Å². The Balaban J connectivity index is 2.30. The minimum atomic E-state index is 0.463. The van der Waals surface area contributed by atoms with Crippen LogP contribution in [-0.4, -0.2) is 16.3 Å². The third kappa shape index (κ3) is 2.46. The van der Waals surface area contributed by atoms with E-state index in [4.69, 9.17) is 5.10 Å². The van der Waals surface area contributed by atoms with Gasteiger partial charge in [-0.25, -0.2) is 0 Å². The Morgan fingerprint density at radius 1 is 1.28 bits per heavy atom. The average Bonchev–Trinajstić information content (AvgIpc) is 2.96. The van der Waals surface area contributed by atoms with Crippen LogP contribution < -0.4 is 5.32 Å². The van der Waals surface area contributed by atoms with Gasteiger partial charge in [0.1, 0.15) is 0 Å². The van der Waals surface area contributed by atoms with Crippen molar-refractivity contribution >= 4 is 0 Å². The maximum atomic E-state index is 4.82. The Morgan fingerprint density at radius 3 is 2.50 bits per heavy atom. The first-order valence-corrected chi connectivity index (χ1v) is 7.48. The van der Waals surface area contributed by atoms with Crippen molar-refractivity contribution in [1.29, 1.82) is 0 Å². The first-order chi connectivity index (χ1) is 8.69. The van der Waals surface area contributed by atoms with E-state index in [9.17, 15) is 0 Å². The Hall–Kier alpha value is -0.830. The highest BCUT2D eigenvalue weighted by atomic mass is 15.3. The summed E-state index contributed by atoms with van der Waals surface area (Å²) in [6, 6.07) is 1.11. The molecule has 1 unspecified atom stereocenters. The van der Waals surface area contributed by atoms with Gasteiger partial charge in [-0.1, -0.05) is 26.7 Å². The number of nitrogens with zero attached hydrogens (tertiary/aromatic N) is 2. The van der Waals surface area contributed by atoms with Crippen molar-refractivity contribution in [1.82, 2.24) is 15.1 Å². The van der Waals surface area contributed by atoms with Crippen molar-refractivity contribution in [2.24, 2.45) is 0 Å². The molecule has 1 saturated carbocycles. The second-order valence-corrected chi connectivity index (χ2v) is 5.49. The molecule has 1 aliphatic rings. The molecule has 0 aliphatic heterocycles. The van der Waals surface area contributed by atoms with Crippen molar-refractivity contribution in [3.8, 4) is 0 Å². The third-order valence-corrected chi connectivity index (χ3v) is 4.26. The largest absolute Gasteiger partial charge is 0.310 e. The van der Waals surface area contributed by atoms with E-state index < -0.39 is 0 Å². The lowest BCUT2D eigenvalue weighted by Crippen LogP contribution is -2.21. The summed E-state index contributed by atoms with van der Waals surface area (Å²) in [4.78, 5) is 0. The molecule has 0 aromatic carbocycles. The van der Waals surface area contributed by atoms with Crippen molar-refractivity contribution in [3.63, 3.8) is 0 Å². The second-order valence-electron chi connectivity index (χ2n) is 5.49. The molecule has 0 amide bonds. The maximum absolute atomic E-state index is 4.82. The molecule has 0 spiro atoms. The molecule has 0 radical (unpaired) electrons. The molecule has 102 valence electrons. The predicted molar refractivity (Wildman–Crippen MR) is 75.9 cm³/mol. The van der Waals surface area contributed by atoms with E-state index in [1.54, 1.807) is 0 Å². The second kappa shape index (κ2) is 5.87. The molecular weight excluding hydrogens is 222 g/mol. The fourth-order valence-electron chi connectivity index (χ4n) is 3.38. The summed E-state index contributed by atoms with van der Waals surface area (Å²) in [6.45, 7) is 9.85. The van der Waals surface area contributed by atoms with Crippen LogP contribution in [0.1, 0.15) is 75.0 Å². The zero-order chi connectivity index (χ0) is 13.1. The van der Waals surface area contributed by atoms with Gasteiger partial charge in [0.15, 0.2) is 0 Å².